The number of carbonyl (C=O) groups is 1. The molecule has 1 amide bonds. The molecular formula is C19H18BrF3N4O2. The standard InChI is InChI=1S/C19H18BrF3N4O2/c1-18(2,29)7-6-11-9-27-10-14(12(20)8-16(27)24-11)26-17(28)13-4-3-5-15(25-13)19(21,22)23/h3-5,8-10,29H,6-7H2,1-2H3,(H,26,28). The van der Waals surface area contributed by atoms with Gasteiger partial charge in [-0.05, 0) is 60.8 Å². The lowest BCUT2D eigenvalue weighted by molar-refractivity contribution is -0.141. The van der Waals surface area contributed by atoms with Crippen LogP contribution in [-0.4, -0.2) is 31.0 Å². The molecule has 0 unspecified atom stereocenters. The molecule has 0 aliphatic heterocycles. The topological polar surface area (TPSA) is 79.5 Å². The lowest BCUT2D eigenvalue weighted by Gasteiger charge is -2.15. The molecule has 3 rings (SSSR count). The molecule has 0 aliphatic carbocycles. The van der Waals surface area contributed by atoms with E-state index in [4.69, 9.17) is 0 Å². The van der Waals surface area contributed by atoms with Gasteiger partial charge in [0, 0.05) is 16.9 Å². The molecular weight excluding hydrogens is 453 g/mol. The summed E-state index contributed by atoms with van der Waals surface area (Å²) in [4.78, 5) is 20.2. The highest BCUT2D eigenvalue weighted by molar-refractivity contribution is 9.10. The van der Waals surface area contributed by atoms with E-state index >= 15 is 0 Å². The van der Waals surface area contributed by atoms with E-state index < -0.39 is 23.4 Å². The molecule has 6 nitrogen and oxygen atoms in total. The summed E-state index contributed by atoms with van der Waals surface area (Å²) >= 11 is 3.34. The quantitative estimate of drug-likeness (QED) is 0.576. The van der Waals surface area contributed by atoms with E-state index in [9.17, 15) is 23.1 Å². The summed E-state index contributed by atoms with van der Waals surface area (Å²) in [6, 6.07) is 4.83. The van der Waals surface area contributed by atoms with Crippen molar-refractivity contribution in [2.24, 2.45) is 0 Å². The number of amides is 1. The number of pyridine rings is 2. The van der Waals surface area contributed by atoms with Crippen molar-refractivity contribution < 1.29 is 23.1 Å². The fourth-order valence-corrected chi connectivity index (χ4v) is 3.02. The number of imidazole rings is 1. The Hall–Kier alpha value is -2.46. The molecule has 0 aromatic carbocycles. The van der Waals surface area contributed by atoms with Gasteiger partial charge in [0.2, 0.25) is 0 Å². The first-order valence-electron chi connectivity index (χ1n) is 8.67. The zero-order valence-electron chi connectivity index (χ0n) is 15.6. The second-order valence-electron chi connectivity index (χ2n) is 7.21. The van der Waals surface area contributed by atoms with Gasteiger partial charge in [-0.3, -0.25) is 4.79 Å². The van der Waals surface area contributed by atoms with Crippen LogP contribution in [0.5, 0.6) is 0 Å². The van der Waals surface area contributed by atoms with Gasteiger partial charge in [-0.1, -0.05) is 6.07 Å². The number of aryl methyl sites for hydroxylation is 1. The number of fused-ring (bicyclic) bond motifs is 1. The molecule has 0 aliphatic rings. The van der Waals surface area contributed by atoms with Crippen LogP contribution in [0.3, 0.4) is 0 Å². The van der Waals surface area contributed by atoms with Crippen LogP contribution in [0.15, 0.2) is 41.1 Å². The SMILES string of the molecule is CC(C)(O)CCc1cn2cc(NC(=O)c3cccc(C(F)(F)F)n3)c(Br)cc2n1. The molecule has 0 atom stereocenters. The fraction of sp³-hybridized carbons (Fsp3) is 0.316. The zero-order chi connectivity index (χ0) is 21.4. The van der Waals surface area contributed by atoms with Crippen molar-refractivity contribution in [1.29, 1.82) is 0 Å². The van der Waals surface area contributed by atoms with E-state index in [0.29, 0.717) is 28.6 Å². The summed E-state index contributed by atoms with van der Waals surface area (Å²) in [7, 11) is 0. The first-order valence-corrected chi connectivity index (χ1v) is 9.47. The van der Waals surface area contributed by atoms with Crippen molar-refractivity contribution in [2.75, 3.05) is 5.32 Å². The maximum Gasteiger partial charge on any atom is 0.433 e. The fourth-order valence-electron chi connectivity index (χ4n) is 2.61. The Morgan fingerprint density at radius 2 is 1.97 bits per heavy atom. The highest BCUT2D eigenvalue weighted by Gasteiger charge is 2.33. The first-order chi connectivity index (χ1) is 13.4. The Bertz CT molecular complexity index is 1060. The van der Waals surface area contributed by atoms with Crippen molar-refractivity contribution in [3.05, 3.63) is 58.2 Å². The third-order valence-corrected chi connectivity index (χ3v) is 4.76. The summed E-state index contributed by atoms with van der Waals surface area (Å²) in [6.07, 6.45) is -0.162. The Labute approximate surface area is 172 Å². The number of halogens is 4. The minimum atomic E-state index is -4.63. The normalized spacial score (nSPS) is 12.4. The third kappa shape index (κ3) is 5.33. The van der Waals surface area contributed by atoms with Gasteiger partial charge in [0.15, 0.2) is 0 Å². The molecule has 2 N–H and O–H groups in total. The van der Waals surface area contributed by atoms with Crippen LogP contribution in [0.1, 0.15) is 42.1 Å². The second kappa shape index (κ2) is 7.75. The molecule has 0 radical (unpaired) electrons. The van der Waals surface area contributed by atoms with E-state index in [1.807, 2.05) is 0 Å². The molecule has 29 heavy (non-hydrogen) atoms. The zero-order valence-corrected chi connectivity index (χ0v) is 17.2. The smallest absolute Gasteiger partial charge is 0.390 e. The number of anilines is 1. The highest BCUT2D eigenvalue weighted by atomic mass is 79.9. The van der Waals surface area contributed by atoms with Gasteiger partial charge in [-0.15, -0.1) is 0 Å². The largest absolute Gasteiger partial charge is 0.433 e. The average Bonchev–Trinajstić information content (AvgIpc) is 3.01. The van der Waals surface area contributed by atoms with Gasteiger partial charge in [0.05, 0.1) is 17.0 Å². The summed E-state index contributed by atoms with van der Waals surface area (Å²) in [5.74, 6) is -0.765. The molecule has 3 aromatic heterocycles. The highest BCUT2D eigenvalue weighted by Crippen LogP contribution is 2.28. The van der Waals surface area contributed by atoms with E-state index in [-0.39, 0.29) is 5.69 Å². The molecule has 3 heterocycles. The Morgan fingerprint density at radius 3 is 2.62 bits per heavy atom. The van der Waals surface area contributed by atoms with Crippen molar-refractivity contribution in [3.8, 4) is 0 Å². The number of nitrogens with one attached hydrogen (secondary N) is 1. The molecule has 0 fully saturated rings. The molecule has 154 valence electrons. The van der Waals surface area contributed by atoms with Crippen LogP contribution < -0.4 is 5.32 Å². The average molecular weight is 471 g/mol. The van der Waals surface area contributed by atoms with E-state index in [1.165, 1.54) is 6.07 Å². The lowest BCUT2D eigenvalue weighted by Crippen LogP contribution is -2.19. The second-order valence-corrected chi connectivity index (χ2v) is 8.06. The van der Waals surface area contributed by atoms with Gasteiger partial charge in [-0.25, -0.2) is 9.97 Å². The van der Waals surface area contributed by atoms with Crippen LogP contribution in [-0.2, 0) is 12.6 Å². The number of aromatic nitrogens is 3. The minimum Gasteiger partial charge on any atom is -0.390 e. The summed E-state index contributed by atoms with van der Waals surface area (Å²) < 4.78 is 40.6. The summed E-state index contributed by atoms with van der Waals surface area (Å²) in [6.45, 7) is 3.43. The van der Waals surface area contributed by atoms with Gasteiger partial charge in [-0.2, -0.15) is 13.2 Å². The number of hydrogen-bond donors (Lipinski definition) is 2. The van der Waals surface area contributed by atoms with Crippen molar-refractivity contribution in [3.63, 3.8) is 0 Å². The Morgan fingerprint density at radius 1 is 1.24 bits per heavy atom. The van der Waals surface area contributed by atoms with Crippen LogP contribution >= 0.6 is 15.9 Å². The van der Waals surface area contributed by atoms with Crippen LogP contribution in [0.25, 0.3) is 5.65 Å². The predicted octanol–water partition coefficient (Wildman–Crippen LogP) is 4.47. The number of nitrogens with zero attached hydrogens (tertiary/aromatic N) is 3. The van der Waals surface area contributed by atoms with E-state index in [0.717, 1.165) is 17.8 Å². The van der Waals surface area contributed by atoms with Gasteiger partial charge < -0.3 is 14.8 Å². The van der Waals surface area contributed by atoms with Crippen LogP contribution in [0, 0.1) is 0 Å². The Kier molecular flexibility index (Phi) is 5.68. The third-order valence-electron chi connectivity index (χ3n) is 4.11. The predicted molar refractivity (Wildman–Crippen MR) is 105 cm³/mol. The first kappa shape index (κ1) is 21.3. The van der Waals surface area contributed by atoms with Crippen molar-refractivity contribution >= 4 is 33.2 Å². The number of aliphatic hydroxyl groups is 1. The van der Waals surface area contributed by atoms with Crippen LogP contribution in [0.4, 0.5) is 18.9 Å². The van der Waals surface area contributed by atoms with Crippen LogP contribution in [0.2, 0.25) is 0 Å². The summed E-state index contributed by atoms with van der Waals surface area (Å²) in [5, 5.41) is 12.4. The van der Waals surface area contributed by atoms with E-state index in [2.05, 4.69) is 31.2 Å². The summed E-state index contributed by atoms with van der Waals surface area (Å²) in [5.41, 5.74) is -0.546. The molecule has 10 heteroatoms. The van der Waals surface area contributed by atoms with Crippen molar-refractivity contribution in [2.45, 2.75) is 38.5 Å². The molecule has 0 spiro atoms. The van der Waals surface area contributed by atoms with Crippen molar-refractivity contribution in [1.82, 2.24) is 14.4 Å². The number of carbonyl (C=O) groups excluding carboxylic acids is 1. The number of alkyl halides is 3. The Balaban J connectivity index is 1.83. The lowest BCUT2D eigenvalue weighted by atomic mass is 10.0. The maximum atomic E-state index is 12.8. The number of hydrogen-bond acceptors (Lipinski definition) is 4. The monoisotopic (exact) mass is 470 g/mol. The molecule has 3 aromatic rings. The van der Waals surface area contributed by atoms with Gasteiger partial charge in [0.25, 0.3) is 5.91 Å². The molecule has 0 bridgehead atoms. The van der Waals surface area contributed by atoms with E-state index in [1.54, 1.807) is 36.7 Å². The minimum absolute atomic E-state index is 0.344. The van der Waals surface area contributed by atoms with Gasteiger partial charge in [0.1, 0.15) is 17.0 Å². The maximum absolute atomic E-state index is 12.8. The number of rotatable bonds is 5. The van der Waals surface area contributed by atoms with Gasteiger partial charge >= 0.3 is 6.18 Å². The molecule has 0 saturated heterocycles. The molecule has 0 saturated carbocycles.